The summed E-state index contributed by atoms with van der Waals surface area (Å²) in [7, 11) is 1.65. The predicted octanol–water partition coefficient (Wildman–Crippen LogP) is 1.95. The highest BCUT2D eigenvalue weighted by atomic mass is 16.5. The van der Waals surface area contributed by atoms with Crippen LogP contribution in [0.5, 0.6) is 0 Å². The number of aromatic nitrogens is 1. The molecule has 0 aliphatic rings. The monoisotopic (exact) mass is 295 g/mol. The summed E-state index contributed by atoms with van der Waals surface area (Å²) in [4.78, 5) is 18.5. The third kappa shape index (κ3) is 5.23. The second-order valence-electron chi connectivity index (χ2n) is 5.19. The Morgan fingerprint density at radius 2 is 2.19 bits per heavy atom. The fourth-order valence-electron chi connectivity index (χ4n) is 2.01. The van der Waals surface area contributed by atoms with Gasteiger partial charge in [0.2, 0.25) is 0 Å². The van der Waals surface area contributed by atoms with Crippen molar-refractivity contribution in [2.24, 2.45) is 5.92 Å². The van der Waals surface area contributed by atoms with E-state index in [1.165, 1.54) is 0 Å². The molecular weight excluding hydrogens is 270 g/mol. The molecule has 0 fully saturated rings. The smallest absolute Gasteiger partial charge is 0.341 e. The van der Waals surface area contributed by atoms with Gasteiger partial charge in [0.15, 0.2) is 0 Å². The van der Waals surface area contributed by atoms with Crippen molar-refractivity contribution in [2.75, 3.05) is 44.0 Å². The normalized spacial score (nSPS) is 10.7. The summed E-state index contributed by atoms with van der Waals surface area (Å²) in [6.07, 6.45) is 1.55. The molecule has 0 saturated heterocycles. The minimum absolute atomic E-state index is 0.315. The van der Waals surface area contributed by atoms with Crippen LogP contribution < -0.4 is 10.6 Å². The first-order valence-electron chi connectivity index (χ1n) is 7.16. The standard InChI is InChI=1S/C15H25N3O3/c1-5-21-15(19)13-8-12(16)9-17-14(13)18(6-7-20-4)10-11(2)3/h8-9,11H,5-7,10,16H2,1-4H3. The van der Waals surface area contributed by atoms with Crippen LogP contribution in [0, 0.1) is 5.92 Å². The molecule has 0 aliphatic heterocycles. The van der Waals surface area contributed by atoms with Gasteiger partial charge < -0.3 is 20.1 Å². The molecule has 0 saturated carbocycles. The third-order valence-electron chi connectivity index (χ3n) is 2.83. The highest BCUT2D eigenvalue weighted by Crippen LogP contribution is 2.22. The zero-order chi connectivity index (χ0) is 15.8. The first-order chi connectivity index (χ1) is 9.99. The topological polar surface area (TPSA) is 77.7 Å². The number of carbonyl (C=O) groups excluding carboxylic acids is 1. The van der Waals surface area contributed by atoms with Crippen molar-refractivity contribution in [2.45, 2.75) is 20.8 Å². The third-order valence-corrected chi connectivity index (χ3v) is 2.83. The summed E-state index contributed by atoms with van der Waals surface area (Å²) in [5.41, 5.74) is 6.59. The van der Waals surface area contributed by atoms with Gasteiger partial charge in [0, 0.05) is 20.2 Å². The summed E-state index contributed by atoms with van der Waals surface area (Å²) in [6, 6.07) is 1.61. The number of nitrogens with zero attached hydrogens (tertiary/aromatic N) is 2. The van der Waals surface area contributed by atoms with Crippen LogP contribution in [0.4, 0.5) is 11.5 Å². The fourth-order valence-corrected chi connectivity index (χ4v) is 2.01. The summed E-state index contributed by atoms with van der Waals surface area (Å²) in [5.74, 6) is 0.614. The summed E-state index contributed by atoms with van der Waals surface area (Å²) >= 11 is 0. The van der Waals surface area contributed by atoms with Crippen molar-refractivity contribution in [3.05, 3.63) is 17.8 Å². The Labute approximate surface area is 126 Å². The minimum Gasteiger partial charge on any atom is -0.462 e. The number of hydrogen-bond acceptors (Lipinski definition) is 6. The zero-order valence-corrected chi connectivity index (χ0v) is 13.3. The highest BCUT2D eigenvalue weighted by molar-refractivity contribution is 5.95. The van der Waals surface area contributed by atoms with E-state index in [4.69, 9.17) is 15.2 Å². The van der Waals surface area contributed by atoms with Crippen LogP contribution in [-0.4, -0.2) is 44.4 Å². The number of ether oxygens (including phenoxy) is 2. The molecule has 118 valence electrons. The number of nitrogens with two attached hydrogens (primary N) is 1. The lowest BCUT2D eigenvalue weighted by molar-refractivity contribution is 0.0526. The van der Waals surface area contributed by atoms with E-state index in [0.29, 0.717) is 42.7 Å². The molecule has 0 amide bonds. The zero-order valence-electron chi connectivity index (χ0n) is 13.3. The van der Waals surface area contributed by atoms with Gasteiger partial charge in [-0.05, 0) is 18.9 Å². The highest BCUT2D eigenvalue weighted by Gasteiger charge is 2.20. The number of pyridine rings is 1. The number of methoxy groups -OCH3 is 1. The van der Waals surface area contributed by atoms with Gasteiger partial charge in [-0.2, -0.15) is 0 Å². The van der Waals surface area contributed by atoms with E-state index in [-0.39, 0.29) is 0 Å². The molecule has 6 heteroatoms. The first-order valence-corrected chi connectivity index (χ1v) is 7.16. The Bertz CT molecular complexity index is 463. The molecule has 21 heavy (non-hydrogen) atoms. The first kappa shape index (κ1) is 17.2. The van der Waals surface area contributed by atoms with E-state index in [2.05, 4.69) is 18.8 Å². The SMILES string of the molecule is CCOC(=O)c1cc(N)cnc1N(CCOC)CC(C)C. The molecule has 0 aromatic carbocycles. The van der Waals surface area contributed by atoms with Gasteiger partial charge >= 0.3 is 5.97 Å². The number of rotatable bonds is 8. The number of carbonyl (C=O) groups is 1. The summed E-state index contributed by atoms with van der Waals surface area (Å²) in [5, 5.41) is 0. The van der Waals surface area contributed by atoms with E-state index in [9.17, 15) is 4.79 Å². The molecule has 1 aromatic heterocycles. The lowest BCUT2D eigenvalue weighted by atomic mass is 10.1. The maximum Gasteiger partial charge on any atom is 0.341 e. The number of nitrogen functional groups attached to an aromatic ring is 1. The lowest BCUT2D eigenvalue weighted by Crippen LogP contribution is -2.33. The maximum absolute atomic E-state index is 12.1. The summed E-state index contributed by atoms with van der Waals surface area (Å²) in [6.45, 7) is 8.29. The van der Waals surface area contributed by atoms with Crippen LogP contribution >= 0.6 is 0 Å². The van der Waals surface area contributed by atoms with Crippen molar-refractivity contribution in [1.82, 2.24) is 4.98 Å². The predicted molar refractivity (Wildman–Crippen MR) is 83.5 cm³/mol. The Kier molecular flexibility index (Phi) is 6.94. The molecular formula is C15H25N3O3. The van der Waals surface area contributed by atoms with Crippen LogP contribution in [0.3, 0.4) is 0 Å². The maximum atomic E-state index is 12.1. The number of anilines is 2. The van der Waals surface area contributed by atoms with Crippen molar-refractivity contribution in [1.29, 1.82) is 0 Å². The van der Waals surface area contributed by atoms with E-state index in [0.717, 1.165) is 6.54 Å². The molecule has 1 heterocycles. The van der Waals surface area contributed by atoms with Crippen molar-refractivity contribution >= 4 is 17.5 Å². The summed E-state index contributed by atoms with van der Waals surface area (Å²) < 4.78 is 10.2. The lowest BCUT2D eigenvalue weighted by Gasteiger charge is -2.27. The Balaban J connectivity index is 3.12. The molecule has 0 aliphatic carbocycles. The number of hydrogen-bond donors (Lipinski definition) is 1. The second-order valence-corrected chi connectivity index (χ2v) is 5.19. The Morgan fingerprint density at radius 1 is 1.48 bits per heavy atom. The molecule has 0 radical (unpaired) electrons. The molecule has 0 unspecified atom stereocenters. The molecule has 0 bridgehead atoms. The van der Waals surface area contributed by atoms with Crippen LogP contribution in [0.15, 0.2) is 12.3 Å². The fraction of sp³-hybridized carbons (Fsp3) is 0.600. The minimum atomic E-state index is -0.404. The van der Waals surface area contributed by atoms with Crippen LogP contribution in [0.1, 0.15) is 31.1 Å². The quantitative estimate of drug-likeness (QED) is 0.739. The van der Waals surface area contributed by atoms with Gasteiger partial charge in [-0.3, -0.25) is 0 Å². The van der Waals surface area contributed by atoms with E-state index < -0.39 is 5.97 Å². The van der Waals surface area contributed by atoms with Crippen molar-refractivity contribution < 1.29 is 14.3 Å². The van der Waals surface area contributed by atoms with Crippen LogP contribution in [0.2, 0.25) is 0 Å². The van der Waals surface area contributed by atoms with E-state index in [1.54, 1.807) is 26.3 Å². The average molecular weight is 295 g/mol. The molecule has 6 nitrogen and oxygen atoms in total. The molecule has 1 aromatic rings. The Hall–Kier alpha value is -1.82. The largest absolute Gasteiger partial charge is 0.462 e. The molecule has 1 rings (SSSR count). The Morgan fingerprint density at radius 3 is 2.76 bits per heavy atom. The van der Waals surface area contributed by atoms with Gasteiger partial charge in [0.1, 0.15) is 11.4 Å². The van der Waals surface area contributed by atoms with Crippen LogP contribution in [-0.2, 0) is 9.47 Å². The van der Waals surface area contributed by atoms with Gasteiger partial charge in [-0.1, -0.05) is 13.8 Å². The van der Waals surface area contributed by atoms with E-state index in [1.807, 2.05) is 4.90 Å². The second kappa shape index (κ2) is 8.46. The van der Waals surface area contributed by atoms with Gasteiger partial charge in [0.25, 0.3) is 0 Å². The van der Waals surface area contributed by atoms with Crippen molar-refractivity contribution in [3.8, 4) is 0 Å². The molecule has 0 spiro atoms. The molecule has 0 atom stereocenters. The number of esters is 1. The van der Waals surface area contributed by atoms with Gasteiger partial charge in [-0.25, -0.2) is 9.78 Å². The van der Waals surface area contributed by atoms with Crippen LogP contribution in [0.25, 0.3) is 0 Å². The van der Waals surface area contributed by atoms with E-state index >= 15 is 0 Å². The van der Waals surface area contributed by atoms with Crippen molar-refractivity contribution in [3.63, 3.8) is 0 Å². The van der Waals surface area contributed by atoms with Gasteiger partial charge in [-0.15, -0.1) is 0 Å². The molecule has 2 N–H and O–H groups in total. The van der Waals surface area contributed by atoms with Gasteiger partial charge in [0.05, 0.1) is 25.1 Å². The average Bonchev–Trinajstić information content (AvgIpc) is 2.43.